The zero-order valence-electron chi connectivity index (χ0n) is 19.6. The minimum absolute atomic E-state index is 0.0486. The summed E-state index contributed by atoms with van der Waals surface area (Å²) in [5.41, 5.74) is 5.16. The Hall–Kier alpha value is -2.22. The second-order valence-electron chi connectivity index (χ2n) is 8.85. The summed E-state index contributed by atoms with van der Waals surface area (Å²) in [4.78, 5) is 14.9. The van der Waals surface area contributed by atoms with Gasteiger partial charge in [-0.05, 0) is 55.5 Å². The Morgan fingerprint density at radius 3 is 2.91 bits per heavy atom. The number of nitrogens with one attached hydrogen (secondary N) is 3. The molecule has 2 aliphatic heterocycles. The molecule has 1 amide bonds. The highest BCUT2D eigenvalue weighted by molar-refractivity contribution is 7.99. The fourth-order valence-electron chi connectivity index (χ4n) is 4.86. The highest BCUT2D eigenvalue weighted by Gasteiger charge is 2.23. The molecule has 1 saturated heterocycles. The maximum absolute atomic E-state index is 12.4. The summed E-state index contributed by atoms with van der Waals surface area (Å²) in [6.45, 7) is 5.82. The molecule has 178 valence electrons. The van der Waals surface area contributed by atoms with Crippen LogP contribution < -0.4 is 20.1 Å². The van der Waals surface area contributed by atoms with Gasteiger partial charge in [0, 0.05) is 50.5 Å². The summed E-state index contributed by atoms with van der Waals surface area (Å²) in [6.07, 6.45) is 6.36. The molecule has 0 bridgehead atoms. The zero-order valence-corrected chi connectivity index (χ0v) is 20.4. The molecule has 3 N–H and O–H groups in total. The Morgan fingerprint density at radius 2 is 2.09 bits per heavy atom. The van der Waals surface area contributed by atoms with E-state index in [1.165, 1.54) is 16.7 Å². The second-order valence-corrected chi connectivity index (χ2v) is 9.47. The van der Waals surface area contributed by atoms with Crippen molar-refractivity contribution in [3.63, 3.8) is 0 Å². The van der Waals surface area contributed by atoms with E-state index in [0.717, 1.165) is 69.8 Å². The van der Waals surface area contributed by atoms with Crippen molar-refractivity contribution in [3.05, 3.63) is 59.2 Å². The molecule has 7 heteroatoms. The van der Waals surface area contributed by atoms with Crippen molar-refractivity contribution in [3.8, 4) is 5.75 Å². The molecule has 2 aliphatic rings. The lowest BCUT2D eigenvalue weighted by atomic mass is 9.90. The van der Waals surface area contributed by atoms with Crippen molar-refractivity contribution in [2.75, 3.05) is 50.3 Å². The largest absolute Gasteiger partial charge is 0.483 e. The van der Waals surface area contributed by atoms with Crippen LogP contribution in [-0.4, -0.2) is 56.4 Å². The Balaban J connectivity index is 1.23. The van der Waals surface area contributed by atoms with Gasteiger partial charge in [0.25, 0.3) is 5.91 Å². The normalized spacial score (nSPS) is 18.4. The van der Waals surface area contributed by atoms with Gasteiger partial charge in [0.1, 0.15) is 5.75 Å². The predicted octanol–water partition coefficient (Wildman–Crippen LogP) is 3.79. The first-order valence-corrected chi connectivity index (χ1v) is 13.3. The van der Waals surface area contributed by atoms with Crippen LogP contribution in [0.3, 0.4) is 0 Å². The van der Waals surface area contributed by atoms with Gasteiger partial charge in [0.05, 0.1) is 5.69 Å². The number of ether oxygens (including phenoxy) is 1. The number of rotatable bonds is 10. The summed E-state index contributed by atoms with van der Waals surface area (Å²) >= 11 is 1.58. The lowest BCUT2D eigenvalue weighted by Gasteiger charge is -2.28. The third-order valence-corrected chi connectivity index (χ3v) is 6.95. The number of piperidine rings is 1. The van der Waals surface area contributed by atoms with Gasteiger partial charge in [-0.25, -0.2) is 0 Å². The summed E-state index contributed by atoms with van der Waals surface area (Å²) in [6, 6.07) is 14.8. The summed E-state index contributed by atoms with van der Waals surface area (Å²) in [7, 11) is 0. The average Bonchev–Trinajstić information content (AvgIpc) is 2.86. The quantitative estimate of drug-likeness (QED) is 0.364. The molecule has 0 saturated carbocycles. The van der Waals surface area contributed by atoms with E-state index < -0.39 is 0 Å². The van der Waals surface area contributed by atoms with E-state index in [2.05, 4.69) is 50.6 Å². The van der Waals surface area contributed by atoms with E-state index in [1.54, 1.807) is 11.9 Å². The number of hydrogen-bond acceptors (Lipinski definition) is 6. The molecule has 4 rings (SSSR count). The molecule has 2 aromatic carbocycles. The Morgan fingerprint density at radius 1 is 1.21 bits per heavy atom. The van der Waals surface area contributed by atoms with Crippen LogP contribution in [0.5, 0.6) is 5.75 Å². The summed E-state index contributed by atoms with van der Waals surface area (Å²) in [5, 5.41) is 6.52. The van der Waals surface area contributed by atoms with Gasteiger partial charge >= 0.3 is 0 Å². The Labute approximate surface area is 202 Å². The van der Waals surface area contributed by atoms with Crippen LogP contribution in [0.15, 0.2) is 42.5 Å². The number of carbonyl (C=O) groups is 1. The van der Waals surface area contributed by atoms with Crippen molar-refractivity contribution >= 4 is 23.5 Å². The van der Waals surface area contributed by atoms with Gasteiger partial charge < -0.3 is 20.1 Å². The summed E-state index contributed by atoms with van der Waals surface area (Å²) < 4.78 is 9.41. The SMILES string of the molecule is CSNc1cccc(OCC(=O)NCCCN2CCc3ccccc3C2)c1C1CCCNC1. The smallest absolute Gasteiger partial charge is 0.257 e. The van der Waals surface area contributed by atoms with Crippen LogP contribution >= 0.6 is 11.9 Å². The lowest BCUT2D eigenvalue weighted by Crippen LogP contribution is -2.35. The highest BCUT2D eigenvalue weighted by Crippen LogP contribution is 2.37. The monoisotopic (exact) mass is 468 g/mol. The van der Waals surface area contributed by atoms with Gasteiger partial charge in [-0.1, -0.05) is 42.3 Å². The van der Waals surface area contributed by atoms with Gasteiger partial charge in [-0.3, -0.25) is 9.69 Å². The standard InChI is InChI=1S/C26H36N4O2S/c1-33-29-23-10-4-11-24(26(23)21-9-5-13-27-17-21)32-19-25(31)28-14-6-15-30-16-12-20-7-2-3-8-22(20)18-30/h2-4,7-8,10-11,21,27,29H,5-6,9,12-19H2,1H3,(H,28,31). The minimum Gasteiger partial charge on any atom is -0.483 e. The molecule has 0 aliphatic carbocycles. The van der Waals surface area contributed by atoms with E-state index in [0.29, 0.717) is 12.5 Å². The lowest BCUT2D eigenvalue weighted by molar-refractivity contribution is -0.123. The molecule has 1 unspecified atom stereocenters. The van der Waals surface area contributed by atoms with E-state index >= 15 is 0 Å². The van der Waals surface area contributed by atoms with Crippen LogP contribution in [0.4, 0.5) is 5.69 Å². The number of carbonyl (C=O) groups excluding carboxylic acids is 1. The first-order valence-electron chi connectivity index (χ1n) is 12.1. The van der Waals surface area contributed by atoms with Crippen LogP contribution in [0.25, 0.3) is 0 Å². The first-order chi connectivity index (χ1) is 16.2. The number of nitrogens with zero attached hydrogens (tertiary/aromatic N) is 1. The maximum atomic E-state index is 12.4. The number of amides is 1. The van der Waals surface area contributed by atoms with Crippen molar-refractivity contribution < 1.29 is 9.53 Å². The van der Waals surface area contributed by atoms with Crippen molar-refractivity contribution in [1.82, 2.24) is 15.5 Å². The minimum atomic E-state index is -0.0602. The topological polar surface area (TPSA) is 65.6 Å². The molecule has 33 heavy (non-hydrogen) atoms. The molecular weight excluding hydrogens is 432 g/mol. The van der Waals surface area contributed by atoms with Crippen molar-refractivity contribution in [2.45, 2.75) is 38.1 Å². The molecule has 2 aromatic rings. The third-order valence-electron chi connectivity index (χ3n) is 6.53. The highest BCUT2D eigenvalue weighted by atomic mass is 32.2. The zero-order chi connectivity index (χ0) is 22.9. The molecule has 1 fully saturated rings. The van der Waals surface area contributed by atoms with Crippen LogP contribution in [-0.2, 0) is 17.8 Å². The fourth-order valence-corrected chi connectivity index (χ4v) is 5.26. The van der Waals surface area contributed by atoms with Crippen molar-refractivity contribution in [1.29, 1.82) is 0 Å². The molecule has 1 atom stereocenters. The van der Waals surface area contributed by atoms with Crippen LogP contribution in [0.2, 0.25) is 0 Å². The Bertz CT molecular complexity index is 917. The number of hydrogen-bond donors (Lipinski definition) is 3. The molecular formula is C26H36N4O2S. The van der Waals surface area contributed by atoms with E-state index in [9.17, 15) is 4.79 Å². The molecule has 6 nitrogen and oxygen atoms in total. The van der Waals surface area contributed by atoms with Crippen LogP contribution in [0, 0.1) is 0 Å². The van der Waals surface area contributed by atoms with Gasteiger partial charge in [0.2, 0.25) is 0 Å². The van der Waals surface area contributed by atoms with E-state index in [1.807, 2.05) is 18.4 Å². The number of benzene rings is 2. The molecule has 2 heterocycles. The first kappa shape index (κ1) is 23.9. The fraction of sp³-hybridized carbons (Fsp3) is 0.500. The van der Waals surface area contributed by atoms with Gasteiger partial charge in [-0.15, -0.1) is 0 Å². The Kier molecular flexibility index (Phi) is 8.92. The second kappa shape index (κ2) is 12.3. The number of fused-ring (bicyclic) bond motifs is 1. The molecule has 0 aromatic heterocycles. The van der Waals surface area contributed by atoms with E-state index in [4.69, 9.17) is 4.74 Å². The number of anilines is 1. The van der Waals surface area contributed by atoms with Gasteiger partial charge in [0.15, 0.2) is 6.61 Å². The average molecular weight is 469 g/mol. The molecule has 0 spiro atoms. The van der Waals surface area contributed by atoms with Gasteiger partial charge in [-0.2, -0.15) is 0 Å². The summed E-state index contributed by atoms with van der Waals surface area (Å²) in [5.74, 6) is 1.14. The molecule has 0 radical (unpaired) electrons. The van der Waals surface area contributed by atoms with Crippen LogP contribution in [0.1, 0.15) is 41.9 Å². The van der Waals surface area contributed by atoms with E-state index in [-0.39, 0.29) is 12.5 Å². The third kappa shape index (κ3) is 6.65. The van der Waals surface area contributed by atoms with Crippen molar-refractivity contribution in [2.24, 2.45) is 0 Å². The predicted molar refractivity (Wildman–Crippen MR) is 137 cm³/mol. The maximum Gasteiger partial charge on any atom is 0.257 e.